The summed E-state index contributed by atoms with van der Waals surface area (Å²) in [5.41, 5.74) is 0.896. The molecule has 1 rings (SSSR count). The first-order valence-corrected chi connectivity index (χ1v) is 7.14. The van der Waals surface area contributed by atoms with Gasteiger partial charge in [0.25, 0.3) is 0 Å². The van der Waals surface area contributed by atoms with E-state index in [-0.39, 0.29) is 18.1 Å². The summed E-state index contributed by atoms with van der Waals surface area (Å²) in [6.07, 6.45) is 1.28. The number of nitrogens with one attached hydrogen (secondary N) is 1. The van der Waals surface area contributed by atoms with Crippen LogP contribution in [0, 0.1) is 5.82 Å². The molecule has 3 nitrogen and oxygen atoms in total. The van der Waals surface area contributed by atoms with Gasteiger partial charge in [-0.05, 0) is 43.1 Å². The Balaban J connectivity index is 2.83. The summed E-state index contributed by atoms with van der Waals surface area (Å²) in [6, 6.07) is 4.67. The molecular weight excluding hydrogens is 313 g/mol. The predicted octanol–water partition coefficient (Wildman–Crippen LogP) is 3.12. The molecule has 19 heavy (non-hydrogen) atoms. The number of benzene rings is 1. The highest BCUT2D eigenvalue weighted by Gasteiger charge is 2.21. The Hall–Kier alpha value is -0.490. The van der Waals surface area contributed by atoms with Gasteiger partial charge in [-0.15, -0.1) is 0 Å². The first kappa shape index (κ1) is 16.6. The number of hydrogen-bond donors (Lipinski definition) is 1. The summed E-state index contributed by atoms with van der Waals surface area (Å²) >= 11 is 3.44. The molecule has 1 aromatic rings. The maximum atomic E-state index is 13.3. The van der Waals surface area contributed by atoms with E-state index in [4.69, 9.17) is 9.47 Å². The molecule has 0 aliphatic heterocycles. The van der Waals surface area contributed by atoms with Gasteiger partial charge in [0.2, 0.25) is 0 Å². The average molecular weight is 334 g/mol. The number of hydrogen-bond acceptors (Lipinski definition) is 3. The van der Waals surface area contributed by atoms with Gasteiger partial charge >= 0.3 is 0 Å². The van der Waals surface area contributed by atoms with Crippen LogP contribution in [0.2, 0.25) is 0 Å². The molecule has 5 heteroatoms. The van der Waals surface area contributed by atoms with Gasteiger partial charge < -0.3 is 14.8 Å². The fraction of sp³-hybridized carbons (Fsp3) is 0.571. The van der Waals surface area contributed by atoms with E-state index in [1.165, 1.54) is 12.1 Å². The lowest BCUT2D eigenvalue weighted by atomic mass is 10.0. The summed E-state index contributed by atoms with van der Waals surface area (Å²) in [4.78, 5) is 0. The third-order valence-corrected chi connectivity index (χ3v) is 3.67. The minimum absolute atomic E-state index is 0.0203. The molecule has 0 bridgehead atoms. The quantitative estimate of drug-likeness (QED) is 0.741. The molecule has 0 aliphatic carbocycles. The first-order chi connectivity index (χ1) is 9.12. The molecular formula is C14H21BrFNO2. The summed E-state index contributed by atoms with van der Waals surface area (Å²) in [5, 5.41) is 3.37. The van der Waals surface area contributed by atoms with Crippen LogP contribution in [-0.4, -0.2) is 33.1 Å². The molecule has 1 aromatic carbocycles. The largest absolute Gasteiger partial charge is 0.354 e. The third-order valence-electron chi connectivity index (χ3n) is 2.90. The van der Waals surface area contributed by atoms with Gasteiger partial charge in [0.05, 0.1) is 6.04 Å². The highest BCUT2D eigenvalue weighted by Crippen LogP contribution is 2.20. The van der Waals surface area contributed by atoms with Crippen LogP contribution in [0.5, 0.6) is 0 Å². The Bertz CT molecular complexity index is 386. The Morgan fingerprint density at radius 1 is 1.32 bits per heavy atom. The van der Waals surface area contributed by atoms with E-state index >= 15 is 0 Å². The van der Waals surface area contributed by atoms with Gasteiger partial charge in [0.1, 0.15) is 5.82 Å². The topological polar surface area (TPSA) is 30.5 Å². The maximum absolute atomic E-state index is 13.3. The Labute approximate surface area is 122 Å². The minimum Gasteiger partial charge on any atom is -0.354 e. The molecule has 0 saturated heterocycles. The van der Waals surface area contributed by atoms with Crippen molar-refractivity contribution in [3.63, 3.8) is 0 Å². The zero-order valence-electron chi connectivity index (χ0n) is 11.6. The lowest BCUT2D eigenvalue weighted by molar-refractivity contribution is -0.122. The van der Waals surface area contributed by atoms with Crippen molar-refractivity contribution in [3.05, 3.63) is 34.1 Å². The molecule has 0 aliphatic rings. The molecule has 0 fully saturated rings. The molecule has 0 radical (unpaired) electrons. The molecule has 1 unspecified atom stereocenters. The van der Waals surface area contributed by atoms with E-state index in [1.807, 2.05) is 0 Å². The molecule has 0 aromatic heterocycles. The Morgan fingerprint density at radius 3 is 2.58 bits per heavy atom. The van der Waals surface area contributed by atoms with Crippen LogP contribution in [0.1, 0.15) is 18.9 Å². The monoisotopic (exact) mass is 333 g/mol. The average Bonchev–Trinajstić information content (AvgIpc) is 2.41. The van der Waals surface area contributed by atoms with Crippen LogP contribution in [-0.2, 0) is 15.9 Å². The fourth-order valence-corrected chi connectivity index (χ4v) is 2.36. The summed E-state index contributed by atoms with van der Waals surface area (Å²) in [5.74, 6) is -0.237. The summed E-state index contributed by atoms with van der Waals surface area (Å²) in [7, 11) is 3.21. The number of ether oxygens (including phenoxy) is 2. The van der Waals surface area contributed by atoms with Crippen LogP contribution in [0.25, 0.3) is 0 Å². The van der Waals surface area contributed by atoms with Crippen LogP contribution in [0.3, 0.4) is 0 Å². The molecule has 108 valence electrons. The van der Waals surface area contributed by atoms with E-state index in [1.54, 1.807) is 20.3 Å². The maximum Gasteiger partial charge on any atom is 0.172 e. The smallest absolute Gasteiger partial charge is 0.172 e. The Morgan fingerprint density at radius 2 is 2.00 bits per heavy atom. The van der Waals surface area contributed by atoms with E-state index in [9.17, 15) is 4.39 Å². The van der Waals surface area contributed by atoms with Gasteiger partial charge in [-0.2, -0.15) is 0 Å². The second-order valence-corrected chi connectivity index (χ2v) is 5.19. The van der Waals surface area contributed by atoms with Crippen molar-refractivity contribution in [1.29, 1.82) is 0 Å². The van der Waals surface area contributed by atoms with Crippen molar-refractivity contribution in [1.82, 2.24) is 5.32 Å². The van der Waals surface area contributed by atoms with E-state index in [0.29, 0.717) is 6.42 Å². The van der Waals surface area contributed by atoms with Crippen molar-refractivity contribution in [2.45, 2.75) is 32.1 Å². The predicted molar refractivity (Wildman–Crippen MR) is 77.7 cm³/mol. The number of methoxy groups -OCH3 is 2. The van der Waals surface area contributed by atoms with Gasteiger partial charge in [-0.25, -0.2) is 4.39 Å². The van der Waals surface area contributed by atoms with Crippen LogP contribution in [0.15, 0.2) is 22.7 Å². The highest BCUT2D eigenvalue weighted by molar-refractivity contribution is 9.10. The SMILES string of the molecule is CCCNC(Cc1cc(F)ccc1Br)C(OC)OC. The van der Waals surface area contributed by atoms with Gasteiger partial charge in [-0.1, -0.05) is 22.9 Å². The number of rotatable bonds is 8. The highest BCUT2D eigenvalue weighted by atomic mass is 79.9. The lowest BCUT2D eigenvalue weighted by Crippen LogP contribution is -2.44. The fourth-order valence-electron chi connectivity index (χ4n) is 1.96. The van der Waals surface area contributed by atoms with E-state index in [2.05, 4.69) is 28.2 Å². The first-order valence-electron chi connectivity index (χ1n) is 6.35. The van der Waals surface area contributed by atoms with Crippen molar-refractivity contribution in [3.8, 4) is 0 Å². The second-order valence-electron chi connectivity index (χ2n) is 4.34. The van der Waals surface area contributed by atoms with Crippen LogP contribution < -0.4 is 5.32 Å². The van der Waals surface area contributed by atoms with Crippen molar-refractivity contribution in [2.75, 3.05) is 20.8 Å². The standard InChI is InChI=1S/C14H21BrFNO2/c1-4-7-17-13(14(18-2)19-3)9-10-8-11(16)5-6-12(10)15/h5-6,8,13-14,17H,4,7,9H2,1-3H3. The van der Waals surface area contributed by atoms with Gasteiger partial charge in [0, 0.05) is 18.7 Å². The zero-order chi connectivity index (χ0) is 14.3. The van der Waals surface area contributed by atoms with Crippen molar-refractivity contribution < 1.29 is 13.9 Å². The second kappa shape index (κ2) is 8.64. The third kappa shape index (κ3) is 5.18. The van der Waals surface area contributed by atoms with E-state index < -0.39 is 0 Å². The zero-order valence-corrected chi connectivity index (χ0v) is 13.2. The molecule has 0 spiro atoms. The molecule has 1 atom stereocenters. The van der Waals surface area contributed by atoms with E-state index in [0.717, 1.165) is 23.0 Å². The normalized spacial score (nSPS) is 12.9. The summed E-state index contributed by atoms with van der Waals surface area (Å²) < 4.78 is 24.8. The molecule has 0 saturated carbocycles. The van der Waals surface area contributed by atoms with Crippen LogP contribution >= 0.6 is 15.9 Å². The van der Waals surface area contributed by atoms with Crippen molar-refractivity contribution >= 4 is 15.9 Å². The minimum atomic E-state index is -0.360. The summed E-state index contributed by atoms with van der Waals surface area (Å²) in [6.45, 7) is 2.96. The molecule has 0 heterocycles. The molecule has 0 amide bonds. The van der Waals surface area contributed by atoms with Crippen LogP contribution in [0.4, 0.5) is 4.39 Å². The van der Waals surface area contributed by atoms with Crippen molar-refractivity contribution in [2.24, 2.45) is 0 Å². The van der Waals surface area contributed by atoms with Gasteiger partial charge in [-0.3, -0.25) is 0 Å². The number of halogens is 2. The van der Waals surface area contributed by atoms with Gasteiger partial charge in [0.15, 0.2) is 6.29 Å². The molecule has 1 N–H and O–H groups in total. The lowest BCUT2D eigenvalue weighted by Gasteiger charge is -2.26. The Kier molecular flexibility index (Phi) is 7.53.